The monoisotopic (exact) mass is 235 g/mol. The van der Waals surface area contributed by atoms with Gasteiger partial charge in [-0.15, -0.1) is 0 Å². The van der Waals surface area contributed by atoms with Crippen LogP contribution in [-0.2, 0) is 11.3 Å². The van der Waals surface area contributed by atoms with Gasteiger partial charge in [0.15, 0.2) is 11.2 Å². The predicted molar refractivity (Wildman–Crippen MR) is 60.6 cm³/mol. The van der Waals surface area contributed by atoms with E-state index in [1.807, 2.05) is 4.57 Å². The molecule has 7 heteroatoms. The van der Waals surface area contributed by atoms with E-state index in [1.165, 1.54) is 7.11 Å². The van der Waals surface area contributed by atoms with Crippen molar-refractivity contribution in [3.8, 4) is 5.88 Å². The summed E-state index contributed by atoms with van der Waals surface area (Å²) in [5, 5.41) is 0. The minimum Gasteiger partial charge on any atom is -0.479 e. The van der Waals surface area contributed by atoms with Crippen LogP contribution in [0.15, 0.2) is 6.33 Å². The van der Waals surface area contributed by atoms with Gasteiger partial charge < -0.3 is 19.8 Å². The van der Waals surface area contributed by atoms with Crippen LogP contribution in [0.2, 0.25) is 0 Å². The third-order valence-corrected chi connectivity index (χ3v) is 2.74. The van der Waals surface area contributed by atoms with Crippen LogP contribution in [0.4, 0.5) is 5.95 Å². The average molecular weight is 235 g/mol. The Kier molecular flexibility index (Phi) is 2.32. The number of anilines is 1. The van der Waals surface area contributed by atoms with E-state index in [9.17, 15) is 0 Å². The molecule has 1 saturated heterocycles. The highest BCUT2D eigenvalue weighted by Crippen LogP contribution is 2.22. The first-order valence-corrected chi connectivity index (χ1v) is 5.42. The van der Waals surface area contributed by atoms with Gasteiger partial charge in [0, 0.05) is 6.54 Å². The minimum absolute atomic E-state index is 0.193. The number of nitrogens with zero attached hydrogens (tertiary/aromatic N) is 4. The summed E-state index contributed by atoms with van der Waals surface area (Å²) in [6.07, 6.45) is 3.06. The Balaban J connectivity index is 1.97. The first kappa shape index (κ1) is 10.3. The first-order chi connectivity index (χ1) is 8.28. The molecule has 0 aromatic carbocycles. The Labute approximate surface area is 97.6 Å². The van der Waals surface area contributed by atoms with Crippen molar-refractivity contribution in [1.82, 2.24) is 19.5 Å². The summed E-state index contributed by atoms with van der Waals surface area (Å²) in [5.74, 6) is 0.604. The molecule has 2 N–H and O–H groups in total. The van der Waals surface area contributed by atoms with Gasteiger partial charge in [-0.3, -0.25) is 0 Å². The summed E-state index contributed by atoms with van der Waals surface area (Å²) in [4.78, 5) is 12.4. The summed E-state index contributed by atoms with van der Waals surface area (Å²) >= 11 is 0. The summed E-state index contributed by atoms with van der Waals surface area (Å²) in [6, 6.07) is 0. The fourth-order valence-corrected chi connectivity index (χ4v) is 1.76. The standard InChI is InChI=1S/C10H13N5O2/c1-16-9-7-8(13-10(11)14-9)15(5-12-7)3-2-6-4-17-6/h5-6H,2-4H2,1H3,(H2,11,13,14). The molecule has 2 aromatic rings. The molecule has 0 aliphatic carbocycles. The van der Waals surface area contributed by atoms with Gasteiger partial charge in [0.1, 0.15) is 0 Å². The molecule has 1 aliphatic rings. The molecule has 7 nitrogen and oxygen atoms in total. The topological polar surface area (TPSA) is 91.4 Å². The molecule has 0 amide bonds. The van der Waals surface area contributed by atoms with Gasteiger partial charge in [0.05, 0.1) is 26.1 Å². The molecular formula is C10H13N5O2. The Bertz CT molecular complexity index is 549. The highest BCUT2D eigenvalue weighted by Gasteiger charge is 2.22. The molecule has 3 heterocycles. The molecule has 3 rings (SSSR count). The van der Waals surface area contributed by atoms with Crippen LogP contribution in [0.3, 0.4) is 0 Å². The fourth-order valence-electron chi connectivity index (χ4n) is 1.76. The van der Waals surface area contributed by atoms with Crippen LogP contribution in [0.1, 0.15) is 6.42 Å². The summed E-state index contributed by atoms with van der Waals surface area (Å²) in [6.45, 7) is 1.66. The van der Waals surface area contributed by atoms with Crippen molar-refractivity contribution in [2.45, 2.75) is 19.1 Å². The van der Waals surface area contributed by atoms with Gasteiger partial charge >= 0.3 is 0 Å². The highest BCUT2D eigenvalue weighted by molar-refractivity contribution is 5.77. The molecular weight excluding hydrogens is 222 g/mol. The summed E-state index contributed by atoms with van der Waals surface area (Å²) in [5.41, 5.74) is 6.97. The second-order valence-corrected chi connectivity index (χ2v) is 3.95. The normalized spacial score (nSPS) is 18.5. The molecule has 1 fully saturated rings. The molecule has 17 heavy (non-hydrogen) atoms. The van der Waals surface area contributed by atoms with Crippen LogP contribution in [-0.4, -0.2) is 39.3 Å². The Hall–Kier alpha value is -1.89. The quantitative estimate of drug-likeness (QED) is 0.761. The van der Waals surface area contributed by atoms with Gasteiger partial charge in [0.2, 0.25) is 11.8 Å². The molecule has 1 aliphatic heterocycles. The number of nitrogens with two attached hydrogens (primary N) is 1. The number of hydrogen-bond donors (Lipinski definition) is 1. The van der Waals surface area contributed by atoms with E-state index in [0.717, 1.165) is 19.6 Å². The lowest BCUT2D eigenvalue weighted by atomic mass is 10.3. The SMILES string of the molecule is COc1nc(N)nc2c1ncn2CCC1CO1. The molecule has 0 saturated carbocycles. The second-order valence-electron chi connectivity index (χ2n) is 3.95. The molecule has 1 unspecified atom stereocenters. The zero-order valence-corrected chi connectivity index (χ0v) is 9.46. The van der Waals surface area contributed by atoms with Crippen molar-refractivity contribution in [3.63, 3.8) is 0 Å². The van der Waals surface area contributed by atoms with E-state index in [4.69, 9.17) is 15.2 Å². The summed E-state index contributed by atoms with van der Waals surface area (Å²) < 4.78 is 12.2. The number of ether oxygens (including phenoxy) is 2. The number of nitrogen functional groups attached to an aromatic ring is 1. The predicted octanol–water partition coefficient (Wildman–Crippen LogP) is 0.206. The molecule has 1 atom stereocenters. The maximum absolute atomic E-state index is 5.63. The van der Waals surface area contributed by atoms with Crippen molar-refractivity contribution in [1.29, 1.82) is 0 Å². The van der Waals surface area contributed by atoms with E-state index in [-0.39, 0.29) is 5.95 Å². The van der Waals surface area contributed by atoms with Gasteiger partial charge in [-0.25, -0.2) is 4.98 Å². The van der Waals surface area contributed by atoms with Crippen LogP contribution >= 0.6 is 0 Å². The third-order valence-electron chi connectivity index (χ3n) is 2.74. The van der Waals surface area contributed by atoms with Crippen LogP contribution in [0, 0.1) is 0 Å². The first-order valence-electron chi connectivity index (χ1n) is 5.42. The number of aromatic nitrogens is 4. The molecule has 0 radical (unpaired) electrons. The van der Waals surface area contributed by atoms with Crippen molar-refractivity contribution in [2.24, 2.45) is 0 Å². The van der Waals surface area contributed by atoms with E-state index < -0.39 is 0 Å². The highest BCUT2D eigenvalue weighted by atomic mass is 16.6. The van der Waals surface area contributed by atoms with Gasteiger partial charge in [0.25, 0.3) is 0 Å². The zero-order chi connectivity index (χ0) is 11.8. The lowest BCUT2D eigenvalue weighted by Crippen LogP contribution is -2.04. The van der Waals surface area contributed by atoms with E-state index in [1.54, 1.807) is 6.33 Å². The lowest BCUT2D eigenvalue weighted by molar-refractivity contribution is 0.386. The van der Waals surface area contributed by atoms with E-state index in [2.05, 4.69) is 15.0 Å². The number of hydrogen-bond acceptors (Lipinski definition) is 6. The Morgan fingerprint density at radius 2 is 2.41 bits per heavy atom. The summed E-state index contributed by atoms with van der Waals surface area (Å²) in [7, 11) is 1.54. The third kappa shape index (κ3) is 1.89. The average Bonchev–Trinajstić information content (AvgIpc) is 3.07. The van der Waals surface area contributed by atoms with Crippen LogP contribution in [0.5, 0.6) is 5.88 Å². The minimum atomic E-state index is 0.193. The van der Waals surface area contributed by atoms with Crippen molar-refractivity contribution in [3.05, 3.63) is 6.33 Å². The number of rotatable bonds is 4. The number of epoxide rings is 1. The number of fused-ring (bicyclic) bond motifs is 1. The Morgan fingerprint density at radius 1 is 1.59 bits per heavy atom. The zero-order valence-electron chi connectivity index (χ0n) is 9.46. The fraction of sp³-hybridized carbons (Fsp3) is 0.500. The lowest BCUT2D eigenvalue weighted by Gasteiger charge is -2.03. The number of imidazole rings is 1. The van der Waals surface area contributed by atoms with Crippen LogP contribution < -0.4 is 10.5 Å². The maximum atomic E-state index is 5.63. The Morgan fingerprint density at radius 3 is 3.12 bits per heavy atom. The molecule has 0 spiro atoms. The van der Waals surface area contributed by atoms with Gasteiger partial charge in [-0.05, 0) is 6.42 Å². The largest absolute Gasteiger partial charge is 0.479 e. The molecule has 0 bridgehead atoms. The van der Waals surface area contributed by atoms with Gasteiger partial charge in [-0.1, -0.05) is 0 Å². The molecule has 90 valence electrons. The maximum Gasteiger partial charge on any atom is 0.246 e. The van der Waals surface area contributed by atoms with Crippen molar-refractivity contribution >= 4 is 17.1 Å². The second kappa shape index (κ2) is 3.85. The van der Waals surface area contributed by atoms with Crippen molar-refractivity contribution < 1.29 is 9.47 Å². The van der Waals surface area contributed by atoms with Gasteiger partial charge in [-0.2, -0.15) is 9.97 Å². The van der Waals surface area contributed by atoms with Crippen LogP contribution in [0.25, 0.3) is 11.2 Å². The smallest absolute Gasteiger partial charge is 0.246 e. The number of aryl methyl sites for hydroxylation is 1. The van der Waals surface area contributed by atoms with Crippen molar-refractivity contribution in [2.75, 3.05) is 19.5 Å². The van der Waals surface area contributed by atoms with E-state index >= 15 is 0 Å². The number of methoxy groups -OCH3 is 1. The van der Waals surface area contributed by atoms with E-state index in [0.29, 0.717) is 23.1 Å². The molecule has 2 aromatic heterocycles.